The second-order valence-electron chi connectivity index (χ2n) is 4.13. The van der Waals surface area contributed by atoms with Crippen molar-refractivity contribution in [2.24, 2.45) is 0 Å². The number of aromatic nitrogens is 2. The molecule has 1 saturated carbocycles. The molecule has 0 saturated heterocycles. The third-order valence-electron chi connectivity index (χ3n) is 2.84. The van der Waals surface area contributed by atoms with Crippen LogP contribution in [-0.2, 0) is 0 Å². The second-order valence-corrected chi connectivity index (χ2v) is 5.05. The lowest BCUT2D eigenvalue weighted by atomic mass is 10.2. The van der Waals surface area contributed by atoms with Crippen LogP contribution in [0.1, 0.15) is 24.5 Å². The molecule has 0 unspecified atom stereocenters. The van der Waals surface area contributed by atoms with Crippen molar-refractivity contribution >= 4 is 15.9 Å². The van der Waals surface area contributed by atoms with Crippen LogP contribution in [0.4, 0.5) is 0 Å². The molecule has 3 nitrogen and oxygen atoms in total. The van der Waals surface area contributed by atoms with E-state index in [9.17, 15) is 4.79 Å². The van der Waals surface area contributed by atoms with Gasteiger partial charge in [0, 0.05) is 22.2 Å². The molecule has 1 aromatic heterocycles. The smallest absolute Gasteiger partial charge is 0.264 e. The number of rotatable bonds is 2. The van der Waals surface area contributed by atoms with Crippen molar-refractivity contribution in [1.82, 2.24) is 9.78 Å². The Hall–Kier alpha value is -1.29. The van der Waals surface area contributed by atoms with E-state index in [1.165, 1.54) is 12.8 Å². The summed E-state index contributed by atoms with van der Waals surface area (Å²) in [5, 5.41) is 2.85. The number of H-pyrrole nitrogens is 1. The van der Waals surface area contributed by atoms with E-state index >= 15 is 0 Å². The Balaban J connectivity index is 2.11. The van der Waals surface area contributed by atoms with Gasteiger partial charge in [-0.3, -0.25) is 14.6 Å². The van der Waals surface area contributed by atoms with Gasteiger partial charge in [-0.25, -0.2) is 0 Å². The van der Waals surface area contributed by atoms with Gasteiger partial charge in [0.25, 0.3) is 5.56 Å². The molecule has 1 N–H and O–H groups in total. The molecule has 0 bridgehead atoms. The Morgan fingerprint density at radius 1 is 1.25 bits per heavy atom. The van der Waals surface area contributed by atoms with Crippen LogP contribution >= 0.6 is 15.9 Å². The third kappa shape index (κ3) is 1.73. The van der Waals surface area contributed by atoms with Crippen molar-refractivity contribution in [3.63, 3.8) is 0 Å². The largest absolute Gasteiger partial charge is 0.268 e. The first-order chi connectivity index (χ1) is 7.74. The van der Waals surface area contributed by atoms with E-state index in [2.05, 4.69) is 21.0 Å². The number of hydrogen-bond acceptors (Lipinski definition) is 1. The average Bonchev–Trinajstić information content (AvgIpc) is 3.04. The summed E-state index contributed by atoms with van der Waals surface area (Å²) in [6.45, 7) is 0. The normalized spacial score (nSPS) is 15.3. The fraction of sp³-hybridized carbons (Fsp3) is 0.250. The third-order valence-corrected chi connectivity index (χ3v) is 3.37. The zero-order valence-electron chi connectivity index (χ0n) is 8.61. The molecule has 0 atom stereocenters. The average molecular weight is 279 g/mol. The Kier molecular flexibility index (Phi) is 2.24. The van der Waals surface area contributed by atoms with Crippen LogP contribution in [0.5, 0.6) is 0 Å². The van der Waals surface area contributed by atoms with Crippen molar-refractivity contribution in [2.75, 3.05) is 0 Å². The first-order valence-corrected chi connectivity index (χ1v) is 6.11. The molecule has 0 amide bonds. The van der Waals surface area contributed by atoms with Gasteiger partial charge in [0.2, 0.25) is 0 Å². The first kappa shape index (κ1) is 9.90. The quantitative estimate of drug-likeness (QED) is 0.901. The highest BCUT2D eigenvalue weighted by Gasteiger charge is 2.27. The highest BCUT2D eigenvalue weighted by Crippen LogP contribution is 2.40. The second kappa shape index (κ2) is 3.63. The molecular weight excluding hydrogens is 268 g/mol. The number of nitrogens with one attached hydrogen (secondary N) is 1. The lowest BCUT2D eigenvalue weighted by molar-refractivity contribution is 0.799. The number of benzene rings is 1. The number of halogens is 1. The van der Waals surface area contributed by atoms with Crippen molar-refractivity contribution < 1.29 is 0 Å². The monoisotopic (exact) mass is 278 g/mol. The van der Waals surface area contributed by atoms with E-state index in [1.807, 2.05) is 28.9 Å². The lowest BCUT2D eigenvalue weighted by Crippen LogP contribution is -2.04. The Labute approximate surface area is 101 Å². The maximum absolute atomic E-state index is 11.4. The topological polar surface area (TPSA) is 37.8 Å². The van der Waals surface area contributed by atoms with Crippen LogP contribution in [0.25, 0.3) is 5.69 Å². The Bertz CT molecular complexity index is 563. The van der Waals surface area contributed by atoms with E-state index in [1.54, 1.807) is 6.07 Å². The van der Waals surface area contributed by atoms with Crippen LogP contribution in [-0.4, -0.2) is 9.78 Å². The van der Waals surface area contributed by atoms with Crippen LogP contribution in [0.2, 0.25) is 0 Å². The molecule has 1 aliphatic rings. The van der Waals surface area contributed by atoms with Gasteiger partial charge in [-0.1, -0.05) is 15.9 Å². The fourth-order valence-electron chi connectivity index (χ4n) is 1.89. The van der Waals surface area contributed by atoms with Crippen LogP contribution in [0, 0.1) is 0 Å². The minimum absolute atomic E-state index is 0.0233. The van der Waals surface area contributed by atoms with E-state index in [-0.39, 0.29) is 5.56 Å². The molecule has 82 valence electrons. The van der Waals surface area contributed by atoms with Gasteiger partial charge in [0.15, 0.2) is 0 Å². The molecule has 1 heterocycles. The summed E-state index contributed by atoms with van der Waals surface area (Å²) >= 11 is 3.40. The van der Waals surface area contributed by atoms with Gasteiger partial charge in [-0.05, 0) is 37.1 Å². The standard InChI is InChI=1S/C12H11BrN2O/c13-9-3-5-10(6-4-9)15-11(8-1-2-8)7-12(16)14-15/h3-8H,1-2H2,(H,14,16). The predicted octanol–water partition coefficient (Wildman–Crippen LogP) is 2.81. The molecule has 16 heavy (non-hydrogen) atoms. The highest BCUT2D eigenvalue weighted by molar-refractivity contribution is 9.10. The van der Waals surface area contributed by atoms with E-state index < -0.39 is 0 Å². The minimum Gasteiger partial charge on any atom is -0.268 e. The van der Waals surface area contributed by atoms with Crippen molar-refractivity contribution in [2.45, 2.75) is 18.8 Å². The highest BCUT2D eigenvalue weighted by atomic mass is 79.9. The van der Waals surface area contributed by atoms with Gasteiger partial charge in [0.05, 0.1) is 5.69 Å². The maximum atomic E-state index is 11.4. The lowest BCUT2D eigenvalue weighted by Gasteiger charge is -2.07. The molecular formula is C12H11BrN2O. The van der Waals surface area contributed by atoms with Crippen molar-refractivity contribution in [1.29, 1.82) is 0 Å². The maximum Gasteiger partial charge on any atom is 0.264 e. The molecule has 1 aromatic carbocycles. The molecule has 2 aromatic rings. The van der Waals surface area contributed by atoms with Gasteiger partial charge in [0.1, 0.15) is 0 Å². The summed E-state index contributed by atoms with van der Waals surface area (Å²) in [4.78, 5) is 11.4. The van der Waals surface area contributed by atoms with Crippen molar-refractivity contribution in [3.8, 4) is 5.69 Å². The van der Waals surface area contributed by atoms with Gasteiger partial charge in [-0.2, -0.15) is 0 Å². The summed E-state index contributed by atoms with van der Waals surface area (Å²) in [5.41, 5.74) is 2.09. The fourth-order valence-corrected chi connectivity index (χ4v) is 2.15. The summed E-state index contributed by atoms with van der Waals surface area (Å²) in [6.07, 6.45) is 2.38. The summed E-state index contributed by atoms with van der Waals surface area (Å²) in [5.74, 6) is 0.558. The van der Waals surface area contributed by atoms with Crippen LogP contribution < -0.4 is 5.56 Å². The molecule has 1 aliphatic carbocycles. The Morgan fingerprint density at radius 2 is 1.94 bits per heavy atom. The first-order valence-electron chi connectivity index (χ1n) is 5.32. The molecule has 0 spiro atoms. The molecule has 0 radical (unpaired) electrons. The zero-order chi connectivity index (χ0) is 11.1. The minimum atomic E-state index is -0.0233. The SMILES string of the molecule is O=c1cc(C2CC2)n(-c2ccc(Br)cc2)[nH]1. The van der Waals surface area contributed by atoms with Gasteiger partial charge < -0.3 is 0 Å². The molecule has 1 fully saturated rings. The Morgan fingerprint density at radius 3 is 2.56 bits per heavy atom. The van der Waals surface area contributed by atoms with E-state index in [0.29, 0.717) is 5.92 Å². The van der Waals surface area contributed by atoms with E-state index in [4.69, 9.17) is 0 Å². The summed E-state index contributed by atoms with van der Waals surface area (Å²) in [7, 11) is 0. The number of hydrogen-bond donors (Lipinski definition) is 1. The van der Waals surface area contributed by atoms with E-state index in [0.717, 1.165) is 15.9 Å². The van der Waals surface area contributed by atoms with Crippen LogP contribution in [0.15, 0.2) is 39.6 Å². The number of aromatic amines is 1. The van der Waals surface area contributed by atoms with Crippen LogP contribution in [0.3, 0.4) is 0 Å². The number of nitrogens with zero attached hydrogens (tertiary/aromatic N) is 1. The predicted molar refractivity (Wildman–Crippen MR) is 66.1 cm³/mol. The van der Waals surface area contributed by atoms with Gasteiger partial charge >= 0.3 is 0 Å². The van der Waals surface area contributed by atoms with Gasteiger partial charge in [-0.15, -0.1) is 0 Å². The molecule has 0 aliphatic heterocycles. The summed E-state index contributed by atoms with van der Waals surface area (Å²) < 4.78 is 2.94. The van der Waals surface area contributed by atoms with Crippen molar-refractivity contribution in [3.05, 3.63) is 50.9 Å². The molecule has 3 rings (SSSR count). The zero-order valence-corrected chi connectivity index (χ0v) is 10.2. The molecule has 4 heteroatoms. The summed E-state index contributed by atoms with van der Waals surface area (Å²) in [6, 6.07) is 9.65.